The van der Waals surface area contributed by atoms with Crippen molar-refractivity contribution in [1.82, 2.24) is 5.32 Å². The molecule has 2 atom stereocenters. The summed E-state index contributed by atoms with van der Waals surface area (Å²) in [6.07, 6.45) is -1.05. The fourth-order valence-corrected chi connectivity index (χ4v) is 5.50. The number of sulfonamides is 1. The van der Waals surface area contributed by atoms with Crippen molar-refractivity contribution in [2.24, 2.45) is 0 Å². The number of fused-ring (bicyclic) bond motifs is 1. The molecule has 0 radical (unpaired) electrons. The number of anilines is 1. The molecule has 1 N–H and O–H groups in total. The summed E-state index contributed by atoms with van der Waals surface area (Å²) in [4.78, 5) is 13.5. The van der Waals surface area contributed by atoms with Crippen LogP contribution in [0.15, 0.2) is 71.6 Å². The normalized spacial score (nSPS) is 16.0. The quantitative estimate of drug-likeness (QED) is 0.534. The van der Waals surface area contributed by atoms with Crippen LogP contribution < -0.4 is 23.8 Å². The van der Waals surface area contributed by atoms with Gasteiger partial charge >= 0.3 is 0 Å². The van der Waals surface area contributed by atoms with Crippen LogP contribution in [0.25, 0.3) is 0 Å². The molecule has 1 aliphatic heterocycles. The maximum Gasteiger partial charge on any atom is 0.264 e. The number of hydrogen-bond acceptors (Lipinski definition) is 6. The number of amides is 1. The number of nitrogens with one attached hydrogen (secondary N) is 1. The van der Waals surface area contributed by atoms with Crippen molar-refractivity contribution < 1.29 is 27.4 Å². The van der Waals surface area contributed by atoms with Crippen molar-refractivity contribution >= 4 is 21.6 Å². The Morgan fingerprint density at radius 2 is 1.80 bits per heavy atom. The molecule has 0 aromatic heterocycles. The highest BCUT2D eigenvalue weighted by Crippen LogP contribution is 2.38. The summed E-state index contributed by atoms with van der Waals surface area (Å²) in [6.45, 7) is 3.52. The predicted molar refractivity (Wildman–Crippen MR) is 133 cm³/mol. The Morgan fingerprint density at radius 3 is 2.49 bits per heavy atom. The number of nitrogens with zero attached hydrogens (tertiary/aromatic N) is 1. The Kier molecular flexibility index (Phi) is 6.88. The van der Waals surface area contributed by atoms with Gasteiger partial charge in [0.1, 0.15) is 17.2 Å². The molecule has 0 bridgehead atoms. The SMILES string of the molecule is COc1ccc(OC)c(C(C)NC(=O)C2CN(S(=O)(=O)c3ccccc3)c3ccc(C)cc3O2)c1. The number of hydrogen-bond donors (Lipinski definition) is 1. The summed E-state index contributed by atoms with van der Waals surface area (Å²) in [5, 5.41) is 2.93. The van der Waals surface area contributed by atoms with Crippen molar-refractivity contribution in [1.29, 1.82) is 0 Å². The standard InChI is InChI=1S/C26H28N2O6S/c1-17-10-12-22-24(14-17)34-25(16-28(22)35(30,31)20-8-6-5-7-9-20)26(29)27-18(2)21-15-19(32-3)11-13-23(21)33-4/h5-15,18,25H,16H2,1-4H3,(H,27,29). The average Bonchev–Trinajstić information content (AvgIpc) is 2.87. The number of rotatable bonds is 7. The molecule has 184 valence electrons. The fraction of sp³-hybridized carbons (Fsp3) is 0.269. The molecule has 0 aliphatic carbocycles. The molecule has 0 fully saturated rings. The molecule has 1 amide bonds. The summed E-state index contributed by atoms with van der Waals surface area (Å²) in [5.41, 5.74) is 2.00. The van der Waals surface area contributed by atoms with Crippen LogP contribution in [0.5, 0.6) is 17.2 Å². The van der Waals surface area contributed by atoms with Gasteiger partial charge in [-0.1, -0.05) is 24.3 Å². The van der Waals surface area contributed by atoms with Crippen molar-refractivity contribution in [2.75, 3.05) is 25.1 Å². The maximum atomic E-state index is 13.5. The third-order valence-corrected chi connectivity index (χ3v) is 7.66. The van der Waals surface area contributed by atoms with E-state index in [0.717, 1.165) is 11.1 Å². The van der Waals surface area contributed by atoms with E-state index in [9.17, 15) is 13.2 Å². The molecule has 1 aliphatic rings. The molecule has 9 heteroatoms. The molecule has 0 saturated heterocycles. The van der Waals surface area contributed by atoms with E-state index < -0.39 is 28.1 Å². The number of carbonyl (C=O) groups excluding carboxylic acids is 1. The zero-order chi connectivity index (χ0) is 25.2. The van der Waals surface area contributed by atoms with Gasteiger partial charge in [-0.15, -0.1) is 0 Å². The van der Waals surface area contributed by atoms with Gasteiger partial charge in [-0.25, -0.2) is 8.42 Å². The molecule has 3 aromatic rings. The molecular weight excluding hydrogens is 468 g/mol. The number of aryl methyl sites for hydroxylation is 1. The summed E-state index contributed by atoms with van der Waals surface area (Å²) in [5.74, 6) is 1.11. The average molecular weight is 497 g/mol. The van der Waals surface area contributed by atoms with Gasteiger partial charge in [-0.2, -0.15) is 0 Å². The first-order chi connectivity index (χ1) is 16.7. The molecule has 2 unspecified atom stereocenters. The number of benzene rings is 3. The van der Waals surface area contributed by atoms with Crippen LogP contribution in [0.1, 0.15) is 24.1 Å². The van der Waals surface area contributed by atoms with E-state index in [1.54, 1.807) is 62.8 Å². The summed E-state index contributed by atoms with van der Waals surface area (Å²) in [7, 11) is -0.806. The summed E-state index contributed by atoms with van der Waals surface area (Å²) < 4.78 is 45.0. The van der Waals surface area contributed by atoms with Gasteiger partial charge in [-0.05, 0) is 61.9 Å². The topological polar surface area (TPSA) is 94.2 Å². The molecule has 8 nitrogen and oxygen atoms in total. The second-order valence-electron chi connectivity index (χ2n) is 8.27. The first-order valence-corrected chi connectivity index (χ1v) is 12.6. The monoisotopic (exact) mass is 496 g/mol. The second kappa shape index (κ2) is 9.87. The van der Waals surface area contributed by atoms with E-state index in [0.29, 0.717) is 22.9 Å². The van der Waals surface area contributed by atoms with E-state index >= 15 is 0 Å². The van der Waals surface area contributed by atoms with Gasteiger partial charge in [0.05, 0.1) is 37.4 Å². The lowest BCUT2D eigenvalue weighted by Crippen LogP contribution is -2.51. The Balaban J connectivity index is 1.64. The lowest BCUT2D eigenvalue weighted by molar-refractivity contribution is -0.128. The van der Waals surface area contributed by atoms with Crippen LogP contribution in [0.3, 0.4) is 0 Å². The molecule has 3 aromatic carbocycles. The van der Waals surface area contributed by atoms with Gasteiger partial charge < -0.3 is 19.5 Å². The van der Waals surface area contributed by atoms with Crippen molar-refractivity contribution in [3.8, 4) is 17.2 Å². The first-order valence-electron chi connectivity index (χ1n) is 11.1. The van der Waals surface area contributed by atoms with E-state index in [1.807, 2.05) is 19.9 Å². The minimum atomic E-state index is -3.92. The van der Waals surface area contributed by atoms with Crippen LogP contribution in [-0.4, -0.2) is 41.2 Å². The van der Waals surface area contributed by atoms with E-state index in [2.05, 4.69) is 5.32 Å². The summed E-state index contributed by atoms with van der Waals surface area (Å²) in [6, 6.07) is 18.3. The highest BCUT2D eigenvalue weighted by molar-refractivity contribution is 7.92. The third-order valence-electron chi connectivity index (χ3n) is 5.87. The van der Waals surface area contributed by atoms with E-state index in [-0.39, 0.29) is 11.4 Å². The highest BCUT2D eigenvalue weighted by atomic mass is 32.2. The largest absolute Gasteiger partial charge is 0.497 e. The van der Waals surface area contributed by atoms with Gasteiger partial charge in [-0.3, -0.25) is 9.10 Å². The van der Waals surface area contributed by atoms with Gasteiger partial charge in [0.25, 0.3) is 15.9 Å². The minimum Gasteiger partial charge on any atom is -0.497 e. The Labute approximate surface area is 205 Å². The zero-order valence-electron chi connectivity index (χ0n) is 20.0. The Hall–Kier alpha value is -3.72. The van der Waals surface area contributed by atoms with Crippen LogP contribution in [0.4, 0.5) is 5.69 Å². The zero-order valence-corrected chi connectivity index (χ0v) is 20.8. The van der Waals surface area contributed by atoms with Crippen LogP contribution in [0, 0.1) is 6.92 Å². The minimum absolute atomic E-state index is 0.141. The van der Waals surface area contributed by atoms with Crippen molar-refractivity contribution in [2.45, 2.75) is 30.9 Å². The van der Waals surface area contributed by atoms with E-state index in [1.165, 1.54) is 16.4 Å². The number of methoxy groups -OCH3 is 2. The van der Waals surface area contributed by atoms with Gasteiger partial charge in [0.15, 0.2) is 6.10 Å². The highest BCUT2D eigenvalue weighted by Gasteiger charge is 2.38. The van der Waals surface area contributed by atoms with Gasteiger partial charge in [0.2, 0.25) is 0 Å². The Morgan fingerprint density at radius 1 is 1.06 bits per heavy atom. The summed E-state index contributed by atoms with van der Waals surface area (Å²) >= 11 is 0. The van der Waals surface area contributed by atoms with Crippen LogP contribution in [0.2, 0.25) is 0 Å². The smallest absolute Gasteiger partial charge is 0.264 e. The van der Waals surface area contributed by atoms with Crippen molar-refractivity contribution in [3.63, 3.8) is 0 Å². The molecule has 1 heterocycles. The van der Waals surface area contributed by atoms with Gasteiger partial charge in [0, 0.05) is 5.56 Å². The molecular formula is C26H28N2O6S. The lowest BCUT2D eigenvalue weighted by atomic mass is 10.1. The number of carbonyl (C=O) groups is 1. The first kappa shape index (κ1) is 24.4. The van der Waals surface area contributed by atoms with Crippen LogP contribution in [-0.2, 0) is 14.8 Å². The molecule has 0 saturated carbocycles. The fourth-order valence-electron chi connectivity index (χ4n) is 4.01. The molecule has 0 spiro atoms. The van der Waals surface area contributed by atoms with Crippen LogP contribution >= 0.6 is 0 Å². The lowest BCUT2D eigenvalue weighted by Gasteiger charge is -2.35. The third kappa shape index (κ3) is 4.90. The van der Waals surface area contributed by atoms with Crippen molar-refractivity contribution in [3.05, 3.63) is 77.9 Å². The predicted octanol–water partition coefficient (Wildman–Crippen LogP) is 3.85. The van der Waals surface area contributed by atoms with E-state index in [4.69, 9.17) is 14.2 Å². The second-order valence-corrected chi connectivity index (χ2v) is 10.1. The molecule has 4 rings (SSSR count). The molecule has 35 heavy (non-hydrogen) atoms. The Bertz CT molecular complexity index is 1330. The maximum absolute atomic E-state index is 13.5. The number of ether oxygens (including phenoxy) is 3.